The average Bonchev–Trinajstić information content (AvgIpc) is 3.18. The number of benzene rings is 2. The van der Waals surface area contributed by atoms with Crippen LogP contribution in [-0.4, -0.2) is 27.4 Å². The van der Waals surface area contributed by atoms with Crippen LogP contribution in [0.2, 0.25) is 0 Å². The Morgan fingerprint density at radius 3 is 2.96 bits per heavy atom. The molecule has 3 N–H and O–H groups in total. The predicted molar refractivity (Wildman–Crippen MR) is 95.2 cm³/mol. The summed E-state index contributed by atoms with van der Waals surface area (Å²) in [7, 11) is 0. The molecule has 0 unspecified atom stereocenters. The first kappa shape index (κ1) is 14.5. The molecule has 2 heterocycles. The van der Waals surface area contributed by atoms with Gasteiger partial charge in [0.05, 0.1) is 17.4 Å². The molecule has 24 heavy (non-hydrogen) atoms. The van der Waals surface area contributed by atoms with Gasteiger partial charge in [0.25, 0.3) is 5.91 Å². The molecule has 0 aliphatic carbocycles. The smallest absolute Gasteiger partial charge is 0.251 e. The monoisotopic (exact) mass is 318 g/mol. The highest BCUT2D eigenvalue weighted by Gasteiger charge is 2.10. The third kappa shape index (κ3) is 2.54. The normalized spacial score (nSPS) is 11.2. The zero-order valence-electron chi connectivity index (χ0n) is 13.4. The fourth-order valence-corrected chi connectivity index (χ4v) is 3.14. The van der Waals surface area contributed by atoms with E-state index < -0.39 is 0 Å². The number of H-pyrrole nitrogens is 2. The van der Waals surface area contributed by atoms with Crippen molar-refractivity contribution in [3.63, 3.8) is 0 Å². The van der Waals surface area contributed by atoms with Gasteiger partial charge < -0.3 is 15.3 Å². The van der Waals surface area contributed by atoms with Crippen LogP contribution in [0.3, 0.4) is 0 Å². The van der Waals surface area contributed by atoms with Crippen molar-refractivity contribution in [1.29, 1.82) is 0 Å². The Kier molecular flexibility index (Phi) is 3.54. The van der Waals surface area contributed by atoms with E-state index in [1.165, 1.54) is 10.9 Å². The number of fused-ring (bicyclic) bond motifs is 2. The Bertz CT molecular complexity index is 1030. The number of rotatable bonds is 4. The topological polar surface area (TPSA) is 73.6 Å². The maximum atomic E-state index is 12.3. The SMILES string of the molecule is Cc1[nH]c2ccccc2c1CCNC(=O)c1ccc2nc[nH]c2c1. The lowest BCUT2D eigenvalue weighted by Crippen LogP contribution is -2.25. The zero-order valence-corrected chi connectivity index (χ0v) is 13.4. The molecule has 4 aromatic rings. The van der Waals surface area contributed by atoms with E-state index in [1.807, 2.05) is 24.3 Å². The molecule has 0 saturated carbocycles. The molecule has 2 aromatic heterocycles. The Balaban J connectivity index is 1.46. The van der Waals surface area contributed by atoms with E-state index in [4.69, 9.17) is 0 Å². The van der Waals surface area contributed by atoms with Crippen molar-refractivity contribution in [2.75, 3.05) is 6.54 Å². The first-order valence-electron chi connectivity index (χ1n) is 8.00. The van der Waals surface area contributed by atoms with Gasteiger partial charge >= 0.3 is 0 Å². The molecule has 0 radical (unpaired) electrons. The molecule has 0 atom stereocenters. The number of hydrogen-bond acceptors (Lipinski definition) is 2. The average molecular weight is 318 g/mol. The van der Waals surface area contributed by atoms with E-state index in [-0.39, 0.29) is 5.91 Å². The number of nitrogens with one attached hydrogen (secondary N) is 3. The molecule has 0 saturated heterocycles. The number of imidazole rings is 1. The second-order valence-corrected chi connectivity index (χ2v) is 5.91. The van der Waals surface area contributed by atoms with Crippen LogP contribution >= 0.6 is 0 Å². The van der Waals surface area contributed by atoms with Crippen LogP contribution in [0.4, 0.5) is 0 Å². The molecule has 5 heteroatoms. The summed E-state index contributed by atoms with van der Waals surface area (Å²) in [6, 6.07) is 13.7. The third-order valence-corrected chi connectivity index (χ3v) is 4.37. The summed E-state index contributed by atoms with van der Waals surface area (Å²) in [5.74, 6) is -0.0657. The van der Waals surface area contributed by atoms with Crippen LogP contribution in [0, 0.1) is 6.92 Å². The largest absolute Gasteiger partial charge is 0.358 e. The van der Waals surface area contributed by atoms with Crippen LogP contribution in [0.1, 0.15) is 21.6 Å². The summed E-state index contributed by atoms with van der Waals surface area (Å²) >= 11 is 0. The van der Waals surface area contributed by atoms with Gasteiger partial charge in [-0.1, -0.05) is 18.2 Å². The predicted octanol–water partition coefficient (Wildman–Crippen LogP) is 3.33. The minimum Gasteiger partial charge on any atom is -0.358 e. The molecule has 1 amide bonds. The van der Waals surface area contributed by atoms with Crippen LogP contribution in [0.5, 0.6) is 0 Å². The van der Waals surface area contributed by atoms with Crippen LogP contribution in [0.25, 0.3) is 21.9 Å². The standard InChI is InChI=1S/C19H18N4O/c1-12-14(15-4-2-3-5-16(15)23-12)8-9-20-19(24)13-6-7-17-18(10-13)22-11-21-17/h2-7,10-11,23H,8-9H2,1H3,(H,20,24)(H,21,22). The third-order valence-electron chi connectivity index (χ3n) is 4.37. The molecule has 4 rings (SSSR count). The molecule has 120 valence electrons. The van der Waals surface area contributed by atoms with Gasteiger partial charge in [-0.2, -0.15) is 0 Å². The molecule has 0 fully saturated rings. The maximum absolute atomic E-state index is 12.3. The number of carbonyl (C=O) groups is 1. The molecule has 5 nitrogen and oxygen atoms in total. The Morgan fingerprint density at radius 2 is 2.04 bits per heavy atom. The van der Waals surface area contributed by atoms with E-state index in [9.17, 15) is 4.79 Å². The minimum atomic E-state index is -0.0657. The second kappa shape index (κ2) is 5.85. The fraction of sp³-hybridized carbons (Fsp3) is 0.158. The molecule has 0 aliphatic heterocycles. The number of hydrogen-bond donors (Lipinski definition) is 3. The van der Waals surface area contributed by atoms with Crippen LogP contribution < -0.4 is 5.32 Å². The van der Waals surface area contributed by atoms with Crippen LogP contribution in [-0.2, 0) is 6.42 Å². The summed E-state index contributed by atoms with van der Waals surface area (Å²) in [6.45, 7) is 2.67. The Labute approximate surface area is 139 Å². The number of carbonyl (C=O) groups excluding carboxylic acids is 1. The van der Waals surface area contributed by atoms with Gasteiger partial charge in [0.15, 0.2) is 0 Å². The number of nitrogens with zero attached hydrogens (tertiary/aromatic N) is 1. The quantitative estimate of drug-likeness (QED) is 0.540. The lowest BCUT2D eigenvalue weighted by atomic mass is 10.1. The van der Waals surface area contributed by atoms with Gasteiger partial charge in [-0.25, -0.2) is 4.98 Å². The number of aryl methyl sites for hydroxylation is 1. The van der Waals surface area contributed by atoms with E-state index in [0.717, 1.165) is 28.7 Å². The molecule has 2 aromatic carbocycles. The summed E-state index contributed by atoms with van der Waals surface area (Å²) in [4.78, 5) is 22.9. The zero-order chi connectivity index (χ0) is 16.5. The lowest BCUT2D eigenvalue weighted by Gasteiger charge is -2.06. The number of aromatic nitrogens is 3. The van der Waals surface area contributed by atoms with Crippen molar-refractivity contribution in [3.8, 4) is 0 Å². The second-order valence-electron chi connectivity index (χ2n) is 5.91. The molecular formula is C19H18N4O. The van der Waals surface area contributed by atoms with Crippen molar-refractivity contribution in [2.45, 2.75) is 13.3 Å². The van der Waals surface area contributed by atoms with Crippen molar-refractivity contribution >= 4 is 27.8 Å². The maximum Gasteiger partial charge on any atom is 0.251 e. The van der Waals surface area contributed by atoms with Crippen LogP contribution in [0.15, 0.2) is 48.8 Å². The van der Waals surface area contributed by atoms with E-state index in [0.29, 0.717) is 12.1 Å². The van der Waals surface area contributed by atoms with E-state index in [2.05, 4.69) is 39.3 Å². The van der Waals surface area contributed by atoms with Crippen molar-refractivity contribution in [3.05, 3.63) is 65.6 Å². The Morgan fingerprint density at radius 1 is 1.17 bits per heavy atom. The van der Waals surface area contributed by atoms with Crippen molar-refractivity contribution in [2.24, 2.45) is 0 Å². The summed E-state index contributed by atoms with van der Waals surface area (Å²) in [6.07, 6.45) is 2.43. The minimum absolute atomic E-state index is 0.0657. The van der Waals surface area contributed by atoms with Gasteiger partial charge in [0.2, 0.25) is 0 Å². The van der Waals surface area contributed by atoms with Gasteiger partial charge in [-0.3, -0.25) is 4.79 Å². The van der Waals surface area contributed by atoms with Gasteiger partial charge in [-0.15, -0.1) is 0 Å². The number of amides is 1. The summed E-state index contributed by atoms with van der Waals surface area (Å²) in [5, 5.41) is 4.22. The highest BCUT2D eigenvalue weighted by Crippen LogP contribution is 2.22. The highest BCUT2D eigenvalue weighted by molar-refractivity contribution is 5.97. The first-order chi connectivity index (χ1) is 11.7. The molecular weight excluding hydrogens is 300 g/mol. The fourth-order valence-electron chi connectivity index (χ4n) is 3.14. The van der Waals surface area contributed by atoms with E-state index >= 15 is 0 Å². The highest BCUT2D eigenvalue weighted by atomic mass is 16.1. The van der Waals surface area contributed by atoms with Gasteiger partial charge in [0, 0.05) is 28.7 Å². The van der Waals surface area contributed by atoms with Crippen molar-refractivity contribution < 1.29 is 4.79 Å². The van der Waals surface area contributed by atoms with E-state index in [1.54, 1.807) is 12.4 Å². The summed E-state index contributed by atoms with van der Waals surface area (Å²) < 4.78 is 0. The molecule has 0 aliphatic rings. The lowest BCUT2D eigenvalue weighted by molar-refractivity contribution is 0.0954. The van der Waals surface area contributed by atoms with Gasteiger partial charge in [-0.05, 0) is 43.2 Å². The summed E-state index contributed by atoms with van der Waals surface area (Å²) in [5.41, 5.74) is 5.93. The van der Waals surface area contributed by atoms with Gasteiger partial charge in [0.1, 0.15) is 0 Å². The molecule has 0 bridgehead atoms. The van der Waals surface area contributed by atoms with Crippen molar-refractivity contribution in [1.82, 2.24) is 20.3 Å². The number of aromatic amines is 2. The first-order valence-corrected chi connectivity index (χ1v) is 8.00. The molecule has 0 spiro atoms. The Hall–Kier alpha value is -3.08. The number of para-hydroxylation sites is 1.